The van der Waals surface area contributed by atoms with Crippen molar-refractivity contribution in [1.82, 2.24) is 0 Å². The summed E-state index contributed by atoms with van der Waals surface area (Å²) in [5.74, 6) is -3.87. The van der Waals surface area contributed by atoms with Gasteiger partial charge < -0.3 is 39.2 Å². The van der Waals surface area contributed by atoms with Crippen molar-refractivity contribution in [3.63, 3.8) is 0 Å². The molecular formula is C36H54F10K2O15S2Si6. The number of carbonyl (C=O) groups is 2. The van der Waals surface area contributed by atoms with E-state index >= 15 is 0 Å². The Kier molecular flexibility index (Phi) is 26.1. The van der Waals surface area contributed by atoms with Crippen molar-refractivity contribution >= 4 is 83.1 Å². The van der Waals surface area contributed by atoms with Gasteiger partial charge in [-0.3, -0.25) is 0 Å². The minimum absolute atomic E-state index is 0. The summed E-state index contributed by atoms with van der Waals surface area (Å²) in [6.07, 6.45) is -20.5. The van der Waals surface area contributed by atoms with E-state index in [1.807, 2.05) is 78.6 Å². The molecule has 2 unspecified atom stereocenters. The van der Waals surface area contributed by atoms with Crippen LogP contribution < -0.4 is 103 Å². The molecule has 2 rings (SSSR count). The molecule has 0 N–H and O–H groups in total. The molecule has 0 aliphatic rings. The number of hydrogen-bond donors (Lipinski definition) is 0. The van der Waals surface area contributed by atoms with E-state index in [1.54, 1.807) is 0 Å². The average molecular weight is 1230 g/mol. The normalized spacial score (nSPS) is 15.0. The summed E-state index contributed by atoms with van der Waals surface area (Å²) in [5, 5.41) is -12.0. The molecule has 0 saturated heterocycles. The second kappa shape index (κ2) is 25.8. The van der Waals surface area contributed by atoms with E-state index in [0.29, 0.717) is 36.1 Å². The molecule has 0 radical (unpaired) electrons. The van der Waals surface area contributed by atoms with Crippen LogP contribution in [0.2, 0.25) is 90.7 Å². The Morgan fingerprint density at radius 2 is 0.690 bits per heavy atom. The number of halogens is 10. The average Bonchev–Trinajstić information content (AvgIpc) is 3.10. The topological polar surface area (TPSA) is 213 Å². The molecule has 2 aromatic carbocycles. The van der Waals surface area contributed by atoms with Gasteiger partial charge in [-0.15, -0.1) is 0 Å². The third-order valence-corrected chi connectivity index (χ3v) is 34.1. The zero-order valence-electron chi connectivity index (χ0n) is 41.3. The Bertz CT molecular complexity index is 2190. The standard InChI is InChI=1S/C36H56F10O15S2Si6.2K/c1-64(2,23-21-25-13-17-27(18-14-25)29(47)55-31(33(37,38)39)35(43,44)62(49,50)51)57-66(5,6)59-68(9,10)61-69(11,12)60-67(7,8)58-65(3,4)24-22-26-15-19-28(20-16-26)30(48)56-32(34(40,41)42)36(45,46)63(52,53)54;;/h13-20,31-32H,21-24H2,1-12H3,(H,49,50,51)(H,52,53,54);;/q;2*+1/p-2. The molecule has 0 aromatic heterocycles. The van der Waals surface area contributed by atoms with Gasteiger partial charge >= 0.3 is 172 Å². The van der Waals surface area contributed by atoms with E-state index in [4.69, 9.17) is 20.6 Å². The predicted octanol–water partition coefficient (Wildman–Crippen LogP) is 3.23. The molecule has 0 fully saturated rings. The van der Waals surface area contributed by atoms with Crippen LogP contribution in [0.15, 0.2) is 48.5 Å². The summed E-state index contributed by atoms with van der Waals surface area (Å²) in [5.41, 5.74) is -0.0645. The van der Waals surface area contributed by atoms with Gasteiger partial charge in [0.05, 0.1) is 11.1 Å². The van der Waals surface area contributed by atoms with Gasteiger partial charge in [-0.1, -0.05) is 24.3 Å². The summed E-state index contributed by atoms with van der Waals surface area (Å²) in [4.78, 5) is 24.6. The summed E-state index contributed by atoms with van der Waals surface area (Å²) in [6.45, 7) is 22.4. The number of rotatable bonds is 24. The largest absolute Gasteiger partial charge is 1.00 e. The third-order valence-electron chi connectivity index (χ3n) is 9.25. The molecule has 0 aliphatic heterocycles. The van der Waals surface area contributed by atoms with Gasteiger partial charge in [0.15, 0.2) is 36.9 Å². The number of aryl methyl sites for hydroxylation is 2. The fraction of sp³-hybridized carbons (Fsp3) is 0.611. The zero-order valence-corrected chi connectivity index (χ0v) is 55.2. The van der Waals surface area contributed by atoms with Crippen LogP contribution in [0.3, 0.4) is 0 Å². The number of benzene rings is 2. The first-order valence-electron chi connectivity index (χ1n) is 20.3. The van der Waals surface area contributed by atoms with Crippen molar-refractivity contribution in [1.29, 1.82) is 0 Å². The molecule has 15 nitrogen and oxygen atoms in total. The molecule has 2 aromatic rings. The Hall–Kier alpha value is 0.874. The second-order valence-electron chi connectivity index (χ2n) is 18.7. The van der Waals surface area contributed by atoms with Crippen molar-refractivity contribution in [2.24, 2.45) is 0 Å². The maximum absolute atomic E-state index is 13.8. The van der Waals surface area contributed by atoms with Crippen LogP contribution >= 0.6 is 0 Å². The molecule has 396 valence electrons. The van der Waals surface area contributed by atoms with E-state index < -0.39 is 129 Å². The van der Waals surface area contributed by atoms with Crippen molar-refractivity contribution in [3.8, 4) is 0 Å². The molecule has 0 aliphatic carbocycles. The SMILES string of the molecule is C[Si](C)(CCc1ccc(C(=O)OC(C(F)(F)F)C(F)(F)S(=O)(=O)[O-])cc1)O[Si](C)(C)O[Si](C)(C)O[Si](C)(C)O[Si](C)(C)O[Si](C)(C)CCc1ccc(C(=O)OC(C(F)(F)F)C(F)(F)S(=O)(=O)[O-])cc1.[K+].[K+]. The van der Waals surface area contributed by atoms with E-state index in [0.717, 1.165) is 24.3 Å². The maximum Gasteiger partial charge on any atom is 1.00 e. The number of esters is 2. The summed E-state index contributed by atoms with van der Waals surface area (Å²) in [7, 11) is -30.7. The first kappa shape index (κ1) is 71.9. The number of alkyl halides is 10. The summed E-state index contributed by atoms with van der Waals surface area (Å²) >= 11 is 0. The molecule has 0 bridgehead atoms. The third kappa shape index (κ3) is 23.0. The van der Waals surface area contributed by atoms with Crippen LogP contribution in [0, 0.1) is 0 Å². The second-order valence-corrected chi connectivity index (χ2v) is 44.9. The van der Waals surface area contributed by atoms with E-state index in [9.17, 15) is 79.4 Å². The molecule has 71 heavy (non-hydrogen) atoms. The van der Waals surface area contributed by atoms with Crippen molar-refractivity contribution in [2.75, 3.05) is 0 Å². The molecular weight excluding hydrogens is 1170 g/mol. The Labute approximate surface area is 498 Å². The fourth-order valence-electron chi connectivity index (χ4n) is 7.06. The first-order valence-corrected chi connectivity index (χ1v) is 40.7. The minimum Gasteiger partial charge on any atom is -0.743 e. The maximum atomic E-state index is 13.8. The van der Waals surface area contributed by atoms with Gasteiger partial charge in [0.2, 0.25) is 0 Å². The van der Waals surface area contributed by atoms with Crippen molar-refractivity contribution in [3.05, 3.63) is 70.8 Å². The molecule has 2 atom stereocenters. The Balaban J connectivity index is 0.0000245. The van der Waals surface area contributed by atoms with Crippen LogP contribution in [-0.2, 0) is 63.1 Å². The summed E-state index contributed by atoms with van der Waals surface area (Å²) in [6, 6.07) is 10.3. The van der Waals surface area contributed by atoms with Crippen molar-refractivity contribution < 1.29 is 212 Å². The van der Waals surface area contributed by atoms with Crippen molar-refractivity contribution in [2.45, 2.75) is 139 Å². The van der Waals surface area contributed by atoms with Crippen LogP contribution in [-0.4, -0.2) is 124 Å². The van der Waals surface area contributed by atoms with Gasteiger partial charge in [0, 0.05) is 0 Å². The Morgan fingerprint density at radius 3 is 0.901 bits per heavy atom. The quantitative estimate of drug-likeness (QED) is 0.0639. The van der Waals surface area contributed by atoms with Gasteiger partial charge in [-0.25, -0.2) is 26.4 Å². The Morgan fingerprint density at radius 1 is 0.465 bits per heavy atom. The fourth-order valence-corrected chi connectivity index (χ4v) is 37.6. The molecule has 0 spiro atoms. The van der Waals surface area contributed by atoms with Gasteiger partial charge in [0.1, 0.15) is 0 Å². The van der Waals surface area contributed by atoms with E-state index in [-0.39, 0.29) is 103 Å². The minimum atomic E-state index is -6.86. The van der Waals surface area contributed by atoms with E-state index in [1.165, 1.54) is 24.3 Å². The molecule has 35 heteroatoms. The van der Waals surface area contributed by atoms with Gasteiger partial charge in [-0.05, 0) is 139 Å². The molecule has 0 heterocycles. The van der Waals surface area contributed by atoms with Gasteiger partial charge in [0.25, 0.3) is 12.2 Å². The molecule has 0 amide bonds. The van der Waals surface area contributed by atoms with Crippen LogP contribution in [0.4, 0.5) is 43.9 Å². The van der Waals surface area contributed by atoms with Gasteiger partial charge in [-0.2, -0.15) is 43.9 Å². The van der Waals surface area contributed by atoms with E-state index in [2.05, 4.69) is 9.47 Å². The monoisotopic (exact) mass is 1230 g/mol. The summed E-state index contributed by atoms with van der Waals surface area (Å²) < 4.78 is 240. The number of hydrogen-bond acceptors (Lipinski definition) is 15. The van der Waals surface area contributed by atoms with Crippen LogP contribution in [0.5, 0.6) is 0 Å². The first-order chi connectivity index (χ1) is 30.4. The number of ether oxygens (including phenoxy) is 2. The molecule has 0 saturated carbocycles. The zero-order chi connectivity index (χ0) is 54.1. The van der Waals surface area contributed by atoms with Crippen LogP contribution in [0.25, 0.3) is 0 Å². The smallest absolute Gasteiger partial charge is 0.743 e. The predicted molar refractivity (Wildman–Crippen MR) is 240 cm³/mol. The van der Waals surface area contributed by atoms with Crippen LogP contribution in [0.1, 0.15) is 31.8 Å². The number of carbonyl (C=O) groups excluding carboxylic acids is 2.